The van der Waals surface area contributed by atoms with Gasteiger partial charge in [-0.05, 0) is 0 Å². The van der Waals surface area contributed by atoms with E-state index in [1.54, 1.807) is 0 Å². The first-order chi connectivity index (χ1) is 5.74. The molecule has 0 aliphatic heterocycles. The van der Waals surface area contributed by atoms with Crippen molar-refractivity contribution < 1.29 is 9.90 Å². The van der Waals surface area contributed by atoms with E-state index in [4.69, 9.17) is 11.5 Å². The van der Waals surface area contributed by atoms with Crippen molar-refractivity contribution in [2.75, 3.05) is 11.9 Å². The van der Waals surface area contributed by atoms with Crippen molar-refractivity contribution in [3.63, 3.8) is 0 Å². The number of terminal acetylenes is 1. The summed E-state index contributed by atoms with van der Waals surface area (Å²) in [5.41, 5.74) is 0.0412. The number of carbonyl (C=O) groups is 1. The summed E-state index contributed by atoms with van der Waals surface area (Å²) in [5.74, 6) is 1.34. The van der Waals surface area contributed by atoms with Gasteiger partial charge in [-0.1, -0.05) is 5.92 Å². The van der Waals surface area contributed by atoms with E-state index in [-0.39, 0.29) is 5.69 Å². The van der Waals surface area contributed by atoms with Crippen molar-refractivity contribution >= 4 is 22.4 Å². The van der Waals surface area contributed by atoms with Crippen LogP contribution in [0.15, 0.2) is 5.38 Å². The van der Waals surface area contributed by atoms with E-state index in [2.05, 4.69) is 16.2 Å². The molecule has 0 saturated heterocycles. The largest absolute Gasteiger partial charge is 0.476 e. The summed E-state index contributed by atoms with van der Waals surface area (Å²) in [6, 6.07) is 0. The summed E-state index contributed by atoms with van der Waals surface area (Å²) in [7, 11) is 0. The molecule has 2 N–H and O–H groups in total. The number of nitrogens with zero attached hydrogens (tertiary/aromatic N) is 1. The van der Waals surface area contributed by atoms with Crippen molar-refractivity contribution in [2.24, 2.45) is 0 Å². The summed E-state index contributed by atoms with van der Waals surface area (Å²) >= 11 is 1.22. The third-order valence-electron chi connectivity index (χ3n) is 1.06. The Morgan fingerprint density at radius 1 is 1.92 bits per heavy atom. The molecule has 0 saturated carbocycles. The number of aromatic carboxylic acids is 1. The first-order valence-corrected chi connectivity index (χ1v) is 3.98. The number of aromatic nitrogens is 1. The van der Waals surface area contributed by atoms with Crippen LogP contribution in [-0.4, -0.2) is 22.6 Å². The van der Waals surface area contributed by atoms with Crippen LogP contribution in [0.5, 0.6) is 0 Å². The lowest BCUT2D eigenvalue weighted by molar-refractivity contribution is 0.0691. The van der Waals surface area contributed by atoms with Crippen molar-refractivity contribution in [1.29, 1.82) is 0 Å². The van der Waals surface area contributed by atoms with Gasteiger partial charge in [0.2, 0.25) is 0 Å². The predicted molar refractivity (Wildman–Crippen MR) is 46.4 cm³/mol. The Morgan fingerprint density at radius 3 is 3.17 bits per heavy atom. The van der Waals surface area contributed by atoms with E-state index in [9.17, 15) is 4.79 Å². The molecule has 0 atom stereocenters. The van der Waals surface area contributed by atoms with Gasteiger partial charge in [-0.3, -0.25) is 0 Å². The summed E-state index contributed by atoms with van der Waals surface area (Å²) in [6.45, 7) is 0.354. The second-order valence-corrected chi connectivity index (χ2v) is 2.76. The van der Waals surface area contributed by atoms with Crippen LogP contribution in [0.1, 0.15) is 10.5 Å². The number of thiazole rings is 1. The molecular weight excluding hydrogens is 176 g/mol. The van der Waals surface area contributed by atoms with Gasteiger partial charge in [0.25, 0.3) is 0 Å². The molecule has 0 aliphatic rings. The Morgan fingerprint density at radius 2 is 2.67 bits per heavy atom. The van der Waals surface area contributed by atoms with E-state index in [0.29, 0.717) is 11.7 Å². The van der Waals surface area contributed by atoms with Gasteiger partial charge in [-0.15, -0.1) is 17.8 Å². The van der Waals surface area contributed by atoms with Gasteiger partial charge in [0, 0.05) is 5.38 Å². The third-order valence-corrected chi connectivity index (χ3v) is 1.86. The van der Waals surface area contributed by atoms with Crippen LogP contribution in [0.2, 0.25) is 0 Å². The first-order valence-electron chi connectivity index (χ1n) is 3.10. The van der Waals surface area contributed by atoms with E-state index in [0.717, 1.165) is 0 Å². The maximum Gasteiger partial charge on any atom is 0.355 e. The molecule has 0 aromatic carbocycles. The van der Waals surface area contributed by atoms with Crippen LogP contribution in [0, 0.1) is 12.3 Å². The molecule has 5 heteroatoms. The van der Waals surface area contributed by atoms with Gasteiger partial charge in [-0.25, -0.2) is 9.78 Å². The summed E-state index contributed by atoms with van der Waals surface area (Å²) in [4.78, 5) is 14.1. The van der Waals surface area contributed by atoms with Crippen LogP contribution in [-0.2, 0) is 0 Å². The molecule has 1 aromatic rings. The minimum absolute atomic E-state index is 0.0412. The van der Waals surface area contributed by atoms with Gasteiger partial charge in [0.05, 0.1) is 6.54 Å². The molecule has 0 aliphatic carbocycles. The van der Waals surface area contributed by atoms with Gasteiger partial charge in [0.15, 0.2) is 10.8 Å². The maximum absolute atomic E-state index is 10.4. The number of carboxylic acids is 1. The topological polar surface area (TPSA) is 62.2 Å². The normalized spacial score (nSPS) is 8.92. The molecular formula is C7H6N2O2S. The molecule has 0 fully saturated rings. The van der Waals surface area contributed by atoms with Gasteiger partial charge < -0.3 is 10.4 Å². The summed E-state index contributed by atoms with van der Waals surface area (Å²) < 4.78 is 0. The zero-order valence-electron chi connectivity index (χ0n) is 6.07. The smallest absolute Gasteiger partial charge is 0.355 e. The van der Waals surface area contributed by atoms with Crippen molar-refractivity contribution in [3.05, 3.63) is 11.1 Å². The number of hydrogen-bond acceptors (Lipinski definition) is 4. The van der Waals surface area contributed by atoms with Crippen molar-refractivity contribution in [3.8, 4) is 12.3 Å². The average molecular weight is 182 g/mol. The number of carboxylic acid groups (broad SMARTS) is 1. The van der Waals surface area contributed by atoms with Crippen LogP contribution in [0.3, 0.4) is 0 Å². The van der Waals surface area contributed by atoms with Crippen LogP contribution >= 0.6 is 11.3 Å². The van der Waals surface area contributed by atoms with Crippen LogP contribution in [0.4, 0.5) is 5.13 Å². The van der Waals surface area contributed by atoms with Gasteiger partial charge >= 0.3 is 5.97 Å². The molecule has 0 unspecified atom stereocenters. The highest BCUT2D eigenvalue weighted by atomic mass is 32.1. The molecule has 1 rings (SSSR count). The molecule has 1 aromatic heterocycles. The maximum atomic E-state index is 10.4. The molecule has 0 bridgehead atoms. The number of nitrogens with one attached hydrogen (secondary N) is 1. The van der Waals surface area contributed by atoms with Crippen molar-refractivity contribution in [1.82, 2.24) is 4.98 Å². The summed E-state index contributed by atoms with van der Waals surface area (Å²) in [6.07, 6.45) is 4.99. The summed E-state index contributed by atoms with van der Waals surface area (Å²) in [5, 5.41) is 13.3. The third kappa shape index (κ3) is 1.97. The molecule has 12 heavy (non-hydrogen) atoms. The van der Waals surface area contributed by atoms with E-state index < -0.39 is 5.97 Å². The molecule has 0 radical (unpaired) electrons. The van der Waals surface area contributed by atoms with E-state index in [1.807, 2.05) is 0 Å². The lowest BCUT2D eigenvalue weighted by Gasteiger charge is -1.92. The SMILES string of the molecule is C#CCNc1nc(C(=O)O)cs1. The first kappa shape index (κ1) is 8.56. The zero-order chi connectivity index (χ0) is 8.97. The molecule has 0 spiro atoms. The van der Waals surface area contributed by atoms with E-state index >= 15 is 0 Å². The van der Waals surface area contributed by atoms with Crippen LogP contribution in [0.25, 0.3) is 0 Å². The highest BCUT2D eigenvalue weighted by Crippen LogP contribution is 2.14. The standard InChI is InChI=1S/C7H6N2O2S/c1-2-3-8-7-9-5(4-12-7)6(10)11/h1,4H,3H2,(H,8,9)(H,10,11). The van der Waals surface area contributed by atoms with Crippen LogP contribution < -0.4 is 5.32 Å². The lowest BCUT2D eigenvalue weighted by Crippen LogP contribution is -2.00. The molecule has 4 nitrogen and oxygen atoms in total. The Labute approximate surface area is 73.3 Å². The quantitative estimate of drug-likeness (QED) is 0.681. The second kappa shape index (κ2) is 3.74. The fourth-order valence-corrected chi connectivity index (χ4v) is 1.26. The number of rotatable bonds is 3. The Balaban J connectivity index is 2.66. The highest BCUT2D eigenvalue weighted by Gasteiger charge is 2.06. The minimum atomic E-state index is -1.03. The number of hydrogen-bond donors (Lipinski definition) is 2. The lowest BCUT2D eigenvalue weighted by atomic mass is 10.5. The Bertz CT molecular complexity index is 326. The monoisotopic (exact) mass is 182 g/mol. The number of anilines is 1. The second-order valence-electron chi connectivity index (χ2n) is 1.90. The Hall–Kier alpha value is -1.54. The zero-order valence-corrected chi connectivity index (χ0v) is 6.89. The highest BCUT2D eigenvalue weighted by molar-refractivity contribution is 7.13. The fourth-order valence-electron chi connectivity index (χ4n) is 0.580. The van der Waals surface area contributed by atoms with Gasteiger partial charge in [-0.2, -0.15) is 0 Å². The van der Waals surface area contributed by atoms with Gasteiger partial charge in [0.1, 0.15) is 0 Å². The average Bonchev–Trinajstić information content (AvgIpc) is 2.48. The Kier molecular flexibility index (Phi) is 2.66. The molecule has 1 heterocycles. The van der Waals surface area contributed by atoms with E-state index in [1.165, 1.54) is 16.7 Å². The van der Waals surface area contributed by atoms with Crippen molar-refractivity contribution in [2.45, 2.75) is 0 Å². The minimum Gasteiger partial charge on any atom is -0.476 e. The fraction of sp³-hybridized carbons (Fsp3) is 0.143. The molecule has 62 valence electrons. The molecule has 0 amide bonds. The predicted octanol–water partition coefficient (Wildman–Crippen LogP) is 0.886.